The third-order valence-electron chi connectivity index (χ3n) is 3.26. The summed E-state index contributed by atoms with van der Waals surface area (Å²) in [7, 11) is 0. The highest BCUT2D eigenvalue weighted by Crippen LogP contribution is 2.33. The minimum atomic E-state index is -0.107. The Kier molecular flexibility index (Phi) is 3.76. The first-order valence-electron chi connectivity index (χ1n) is 6.65. The van der Waals surface area contributed by atoms with Gasteiger partial charge in [-0.3, -0.25) is 4.98 Å². The maximum atomic E-state index is 9.42. The molecule has 1 aromatic heterocycles. The van der Waals surface area contributed by atoms with Crippen LogP contribution in [0.25, 0.3) is 10.9 Å². The van der Waals surface area contributed by atoms with Crippen molar-refractivity contribution in [3.63, 3.8) is 0 Å². The molecule has 0 unspecified atom stereocenters. The Morgan fingerprint density at radius 2 is 2.05 bits per heavy atom. The van der Waals surface area contributed by atoms with E-state index in [1.54, 1.807) is 6.20 Å². The van der Waals surface area contributed by atoms with Crippen LogP contribution in [0.15, 0.2) is 43.1 Å². The van der Waals surface area contributed by atoms with Gasteiger partial charge in [-0.25, -0.2) is 0 Å². The molecule has 0 aliphatic carbocycles. The molecule has 2 aromatic rings. The van der Waals surface area contributed by atoms with Crippen LogP contribution in [0.2, 0.25) is 0 Å². The van der Waals surface area contributed by atoms with Gasteiger partial charge in [0.2, 0.25) is 0 Å². The Morgan fingerprint density at radius 1 is 1.35 bits per heavy atom. The molecule has 2 rings (SSSR count). The van der Waals surface area contributed by atoms with E-state index in [-0.39, 0.29) is 5.54 Å². The fourth-order valence-electron chi connectivity index (χ4n) is 2.33. The van der Waals surface area contributed by atoms with Gasteiger partial charge in [0, 0.05) is 23.7 Å². The van der Waals surface area contributed by atoms with Gasteiger partial charge in [-0.2, -0.15) is 5.26 Å². The van der Waals surface area contributed by atoms with Crippen molar-refractivity contribution < 1.29 is 0 Å². The van der Waals surface area contributed by atoms with Gasteiger partial charge in [0.05, 0.1) is 16.8 Å². The second-order valence-electron chi connectivity index (χ2n) is 5.72. The van der Waals surface area contributed by atoms with Crippen LogP contribution in [-0.2, 0) is 0 Å². The first-order valence-corrected chi connectivity index (χ1v) is 6.65. The van der Waals surface area contributed by atoms with E-state index in [4.69, 9.17) is 0 Å². The molecular weight excluding hydrogens is 246 g/mol. The number of nitriles is 1. The minimum absolute atomic E-state index is 0.107. The maximum absolute atomic E-state index is 9.42. The Labute approximate surface area is 120 Å². The summed E-state index contributed by atoms with van der Waals surface area (Å²) < 4.78 is 0. The van der Waals surface area contributed by atoms with Gasteiger partial charge in [-0.15, -0.1) is 6.58 Å². The van der Waals surface area contributed by atoms with Gasteiger partial charge >= 0.3 is 0 Å². The van der Waals surface area contributed by atoms with Crippen LogP contribution in [0.5, 0.6) is 0 Å². The Bertz CT molecular complexity index is 675. The van der Waals surface area contributed by atoms with Gasteiger partial charge in [0.15, 0.2) is 0 Å². The molecule has 0 saturated heterocycles. The summed E-state index contributed by atoms with van der Waals surface area (Å²) in [6.07, 6.45) is 3.51. The number of fused-ring (bicyclic) bond motifs is 1. The number of para-hydroxylation sites is 1. The largest absolute Gasteiger partial charge is 0.361 e. The summed E-state index contributed by atoms with van der Waals surface area (Å²) in [6, 6.07) is 10.2. The summed E-state index contributed by atoms with van der Waals surface area (Å²) in [4.78, 5) is 6.56. The van der Waals surface area contributed by atoms with E-state index in [1.165, 1.54) is 0 Å². The number of nitrogens with zero attached hydrogens (tertiary/aromatic N) is 3. The lowest BCUT2D eigenvalue weighted by atomic mass is 10.0. The number of anilines is 1. The molecule has 0 atom stereocenters. The molecule has 0 aliphatic heterocycles. The molecule has 0 radical (unpaired) electrons. The summed E-state index contributed by atoms with van der Waals surface area (Å²) in [5, 5.41) is 10.4. The number of hydrogen-bond donors (Lipinski definition) is 0. The molecule has 1 heterocycles. The quantitative estimate of drug-likeness (QED) is 0.790. The zero-order chi connectivity index (χ0) is 14.8. The van der Waals surface area contributed by atoms with Crippen LogP contribution in [0.3, 0.4) is 0 Å². The lowest BCUT2D eigenvalue weighted by Crippen LogP contribution is -2.42. The smallest absolute Gasteiger partial charge is 0.103 e. The SMILES string of the molecule is C=CCN(c1c(C#N)cnc2ccccc12)C(C)(C)C. The average Bonchev–Trinajstić information content (AvgIpc) is 2.42. The molecule has 0 amide bonds. The fraction of sp³-hybridized carbons (Fsp3) is 0.294. The molecule has 3 heteroatoms. The Hall–Kier alpha value is -2.34. The van der Waals surface area contributed by atoms with E-state index in [0.717, 1.165) is 16.6 Å². The zero-order valence-electron chi connectivity index (χ0n) is 12.2. The molecule has 0 aliphatic rings. The van der Waals surface area contributed by atoms with Gasteiger partial charge in [0.1, 0.15) is 6.07 Å². The third-order valence-corrected chi connectivity index (χ3v) is 3.26. The highest BCUT2D eigenvalue weighted by Gasteiger charge is 2.25. The highest BCUT2D eigenvalue weighted by atomic mass is 15.2. The zero-order valence-corrected chi connectivity index (χ0v) is 12.2. The Balaban J connectivity index is 2.78. The van der Waals surface area contributed by atoms with Crippen LogP contribution in [0, 0.1) is 11.3 Å². The van der Waals surface area contributed by atoms with E-state index in [0.29, 0.717) is 12.1 Å². The lowest BCUT2D eigenvalue weighted by molar-refractivity contribution is 0.523. The van der Waals surface area contributed by atoms with E-state index >= 15 is 0 Å². The van der Waals surface area contributed by atoms with Crippen LogP contribution in [-0.4, -0.2) is 17.1 Å². The lowest BCUT2D eigenvalue weighted by Gasteiger charge is -2.38. The first kappa shape index (κ1) is 14.1. The van der Waals surface area contributed by atoms with Crippen LogP contribution < -0.4 is 4.90 Å². The van der Waals surface area contributed by atoms with E-state index in [9.17, 15) is 5.26 Å². The van der Waals surface area contributed by atoms with Crippen molar-refractivity contribution in [2.24, 2.45) is 0 Å². The van der Waals surface area contributed by atoms with Gasteiger partial charge < -0.3 is 4.90 Å². The predicted octanol–water partition coefficient (Wildman–Crippen LogP) is 3.90. The van der Waals surface area contributed by atoms with E-state index < -0.39 is 0 Å². The average molecular weight is 265 g/mol. The molecule has 20 heavy (non-hydrogen) atoms. The number of pyridine rings is 1. The molecule has 0 spiro atoms. The number of aromatic nitrogens is 1. The normalized spacial score (nSPS) is 11.1. The summed E-state index contributed by atoms with van der Waals surface area (Å²) >= 11 is 0. The molecule has 102 valence electrons. The topological polar surface area (TPSA) is 39.9 Å². The third kappa shape index (κ3) is 2.50. The van der Waals surface area contributed by atoms with Crippen molar-refractivity contribution in [2.75, 3.05) is 11.4 Å². The fourth-order valence-corrected chi connectivity index (χ4v) is 2.33. The summed E-state index contributed by atoms with van der Waals surface area (Å²) in [6.45, 7) is 10.9. The highest BCUT2D eigenvalue weighted by molar-refractivity contribution is 5.94. The van der Waals surface area contributed by atoms with Crippen LogP contribution in [0.4, 0.5) is 5.69 Å². The standard InChI is InChI=1S/C17H19N3/c1-5-10-20(17(2,3)4)16-13(11-18)12-19-15-9-7-6-8-14(15)16/h5-9,12H,1,10H2,2-4H3. The van der Waals surface area contributed by atoms with Gasteiger partial charge in [-0.05, 0) is 26.8 Å². The van der Waals surface area contributed by atoms with Gasteiger partial charge in [0.25, 0.3) is 0 Å². The van der Waals surface area contributed by atoms with Crippen molar-refractivity contribution in [1.29, 1.82) is 5.26 Å². The van der Waals surface area contributed by atoms with E-state index in [2.05, 4.69) is 43.3 Å². The number of benzene rings is 1. The first-order chi connectivity index (χ1) is 9.49. The summed E-state index contributed by atoms with van der Waals surface area (Å²) in [5.41, 5.74) is 2.33. The molecule has 1 aromatic carbocycles. The van der Waals surface area contributed by atoms with Crippen molar-refractivity contribution in [1.82, 2.24) is 4.98 Å². The van der Waals surface area contributed by atoms with Gasteiger partial charge in [-0.1, -0.05) is 24.3 Å². The maximum Gasteiger partial charge on any atom is 0.103 e. The molecule has 0 N–H and O–H groups in total. The monoisotopic (exact) mass is 265 g/mol. The molecule has 0 fully saturated rings. The second-order valence-corrected chi connectivity index (χ2v) is 5.72. The molecule has 0 saturated carbocycles. The van der Waals surface area contributed by atoms with Crippen molar-refractivity contribution in [2.45, 2.75) is 26.3 Å². The van der Waals surface area contributed by atoms with E-state index in [1.807, 2.05) is 30.3 Å². The molecule has 0 bridgehead atoms. The van der Waals surface area contributed by atoms with Crippen molar-refractivity contribution in [3.05, 3.63) is 48.7 Å². The van der Waals surface area contributed by atoms with Crippen molar-refractivity contribution in [3.8, 4) is 6.07 Å². The predicted molar refractivity (Wildman–Crippen MR) is 83.8 cm³/mol. The second kappa shape index (κ2) is 5.34. The van der Waals surface area contributed by atoms with Crippen LogP contribution in [0.1, 0.15) is 26.3 Å². The van der Waals surface area contributed by atoms with Crippen molar-refractivity contribution >= 4 is 16.6 Å². The minimum Gasteiger partial charge on any atom is -0.361 e. The molecular formula is C17H19N3. The Morgan fingerprint density at radius 3 is 2.65 bits per heavy atom. The summed E-state index contributed by atoms with van der Waals surface area (Å²) in [5.74, 6) is 0. The number of rotatable bonds is 3. The molecule has 3 nitrogen and oxygen atoms in total. The van der Waals surface area contributed by atoms with Crippen LogP contribution >= 0.6 is 0 Å². The number of hydrogen-bond acceptors (Lipinski definition) is 3.